The summed E-state index contributed by atoms with van der Waals surface area (Å²) in [5.74, 6) is -0.628. The predicted molar refractivity (Wildman–Crippen MR) is 141 cm³/mol. The summed E-state index contributed by atoms with van der Waals surface area (Å²) in [6.07, 6.45) is 2.12. The lowest BCUT2D eigenvalue weighted by Gasteiger charge is -2.25. The molecule has 0 aromatic carbocycles. The average Bonchev–Trinajstić information content (AvgIpc) is 3.50. The zero-order chi connectivity index (χ0) is 29.1. The number of amides is 1. The highest BCUT2D eigenvalue weighted by Crippen LogP contribution is 2.54. The molecule has 1 amide bonds. The van der Waals surface area contributed by atoms with Crippen LogP contribution in [0.25, 0.3) is 11.2 Å². The molecule has 0 saturated carbocycles. The van der Waals surface area contributed by atoms with E-state index in [4.69, 9.17) is 33.0 Å². The van der Waals surface area contributed by atoms with Crippen molar-refractivity contribution in [3.63, 3.8) is 0 Å². The highest BCUT2D eigenvalue weighted by Gasteiger charge is 2.48. The summed E-state index contributed by atoms with van der Waals surface area (Å²) in [6, 6.07) is 1.89. The molecule has 0 radical (unpaired) electrons. The van der Waals surface area contributed by atoms with Crippen LogP contribution in [-0.2, 0) is 27.6 Å². The molecule has 1 aliphatic heterocycles. The molecule has 0 aliphatic carbocycles. The van der Waals surface area contributed by atoms with Gasteiger partial charge in [-0.15, -0.1) is 6.58 Å². The van der Waals surface area contributed by atoms with Crippen LogP contribution in [-0.4, -0.2) is 76.0 Å². The third-order valence-electron chi connectivity index (χ3n) is 5.44. The van der Waals surface area contributed by atoms with Gasteiger partial charge in [0.05, 0.1) is 38.6 Å². The number of carbonyl (C=O) groups excluding carboxylic acids is 1. The summed E-state index contributed by atoms with van der Waals surface area (Å²) in [7, 11) is -4.17. The van der Waals surface area contributed by atoms with E-state index in [0.29, 0.717) is 0 Å². The second-order valence-electron chi connectivity index (χ2n) is 8.24. The summed E-state index contributed by atoms with van der Waals surface area (Å²) in [4.78, 5) is 25.1. The van der Waals surface area contributed by atoms with Crippen LogP contribution in [0, 0.1) is 17.2 Å². The number of phosphoric ester groups is 1. The molecule has 0 spiro atoms. The number of imidazole rings is 1. The fraction of sp³-hybridized carbons (Fsp3) is 0.458. The van der Waals surface area contributed by atoms with E-state index >= 15 is 0 Å². The lowest BCUT2D eigenvalue weighted by molar-refractivity contribution is -0.0460. The highest BCUT2D eigenvalue weighted by molar-refractivity contribution is 7.48. The van der Waals surface area contributed by atoms with Gasteiger partial charge in [-0.3, -0.25) is 23.5 Å². The Morgan fingerprint density at radius 3 is 2.67 bits per heavy atom. The molecule has 1 saturated heterocycles. The minimum absolute atomic E-state index is 0.0240. The topological polar surface area (TPSA) is 189 Å². The van der Waals surface area contributed by atoms with E-state index in [0.717, 1.165) is 0 Å². The molecule has 2 unspecified atom stereocenters. The van der Waals surface area contributed by atoms with Gasteiger partial charge in [-0.05, 0) is 0 Å². The van der Waals surface area contributed by atoms with Gasteiger partial charge in [-0.2, -0.15) is 15.2 Å². The number of nitrogens with one attached hydrogen (secondary N) is 1. The van der Waals surface area contributed by atoms with Gasteiger partial charge in [0.15, 0.2) is 11.2 Å². The van der Waals surface area contributed by atoms with Gasteiger partial charge < -0.3 is 19.3 Å². The van der Waals surface area contributed by atoms with Gasteiger partial charge in [-0.1, -0.05) is 38.3 Å². The van der Waals surface area contributed by atoms with Crippen LogP contribution in [0.3, 0.4) is 0 Å². The Labute approximate surface area is 230 Å². The van der Waals surface area contributed by atoms with E-state index in [9.17, 15) is 14.5 Å². The van der Waals surface area contributed by atoms with Crippen molar-refractivity contribution < 1.29 is 42.2 Å². The second-order valence-corrected chi connectivity index (χ2v) is 9.86. The molecule has 40 heavy (non-hydrogen) atoms. The molecule has 5 atom stereocenters. The molecule has 2 aromatic rings. The van der Waals surface area contributed by atoms with Crippen LogP contribution in [0.2, 0.25) is 0 Å². The van der Waals surface area contributed by atoms with Crippen molar-refractivity contribution in [2.24, 2.45) is 5.92 Å². The van der Waals surface area contributed by atoms with E-state index in [1.807, 2.05) is 6.07 Å². The smallest absolute Gasteiger partial charge is 0.472 e. The van der Waals surface area contributed by atoms with E-state index in [2.05, 4.69) is 40.0 Å². The van der Waals surface area contributed by atoms with E-state index in [-0.39, 0.29) is 55.8 Å². The number of hydrogen-bond acceptors (Lipinski definition) is 13. The van der Waals surface area contributed by atoms with Crippen molar-refractivity contribution in [2.75, 3.05) is 38.4 Å². The number of fused-ring (bicyclic) bond motifs is 1. The van der Waals surface area contributed by atoms with Crippen molar-refractivity contribution in [1.29, 1.82) is 5.26 Å². The molecular formula is C24H31N6O9P. The number of anilines is 1. The van der Waals surface area contributed by atoms with Crippen molar-refractivity contribution in [3.05, 3.63) is 44.3 Å². The molecule has 216 valence electrons. The van der Waals surface area contributed by atoms with Crippen molar-refractivity contribution >= 4 is 31.0 Å². The number of aliphatic hydroxyl groups is 1. The molecule has 2 N–H and O–H groups in total. The average molecular weight is 579 g/mol. The fourth-order valence-corrected chi connectivity index (χ4v) is 5.16. The molecule has 16 heteroatoms. The number of nitrogens with zero attached hydrogens (tertiary/aromatic N) is 5. The third kappa shape index (κ3) is 7.51. The lowest BCUT2D eigenvalue weighted by atomic mass is 10.0. The number of aromatic nitrogens is 4. The van der Waals surface area contributed by atoms with Gasteiger partial charge in [0.25, 0.3) is 0 Å². The Morgan fingerprint density at radius 1 is 1.25 bits per heavy atom. The number of carbonyl (C=O) groups is 1. The quantitative estimate of drug-likeness (QED) is 0.168. The normalized spacial score (nSPS) is 21.7. The van der Waals surface area contributed by atoms with Gasteiger partial charge in [0.2, 0.25) is 11.8 Å². The highest BCUT2D eigenvalue weighted by atomic mass is 31.2. The van der Waals surface area contributed by atoms with E-state index in [1.54, 1.807) is 11.5 Å². The zero-order valence-electron chi connectivity index (χ0n) is 21.9. The molecule has 1 fully saturated rings. The van der Waals surface area contributed by atoms with E-state index in [1.165, 1.54) is 24.6 Å². The van der Waals surface area contributed by atoms with Crippen LogP contribution in [0.1, 0.15) is 19.6 Å². The minimum Gasteiger partial charge on any atom is -0.472 e. The van der Waals surface area contributed by atoms with Gasteiger partial charge in [-0.25, -0.2) is 14.3 Å². The molecular weight excluding hydrogens is 547 g/mol. The lowest BCUT2D eigenvalue weighted by Crippen LogP contribution is -2.31. The second kappa shape index (κ2) is 14.7. The molecule has 0 bridgehead atoms. The van der Waals surface area contributed by atoms with Crippen molar-refractivity contribution in [3.8, 4) is 11.9 Å². The number of hydrogen-bond donors (Lipinski definition) is 2. The summed E-state index contributed by atoms with van der Waals surface area (Å²) >= 11 is 0. The minimum atomic E-state index is -4.17. The largest absolute Gasteiger partial charge is 0.475 e. The maximum Gasteiger partial charge on any atom is 0.475 e. The van der Waals surface area contributed by atoms with Gasteiger partial charge >= 0.3 is 13.9 Å². The first-order chi connectivity index (χ1) is 19.3. The van der Waals surface area contributed by atoms with Crippen molar-refractivity contribution in [2.45, 2.75) is 31.8 Å². The summed E-state index contributed by atoms with van der Waals surface area (Å²) in [6.45, 7) is 11.6. The van der Waals surface area contributed by atoms with Crippen LogP contribution in [0.5, 0.6) is 5.88 Å². The molecule has 1 aliphatic rings. The number of nitriles is 1. The number of ether oxygens (including phenoxy) is 3. The maximum atomic E-state index is 13.3. The number of aliphatic hydroxyl groups excluding tert-OH is 1. The Morgan fingerprint density at radius 2 is 2.00 bits per heavy atom. The monoisotopic (exact) mass is 578 g/mol. The standard InChI is InChI=1S/C24H31N6O9P/c1-5-10-34-21-18-20(27-23(28-21)29-24(32)35-11-6-2)30(15-26-18)22-16(4)19(17(14-31)38-22)39-40(33,36-12-7-3)37-13-8-9-25/h5-7,15-17,19,22,31H,1-3,8,10-14H2,4H3,(H,27,28,29,32)/t16-,17+,19?,22+,40?/m0/s1. The summed E-state index contributed by atoms with van der Waals surface area (Å²) in [5, 5.41) is 21.3. The number of rotatable bonds is 16. The first-order valence-electron chi connectivity index (χ1n) is 12.1. The van der Waals surface area contributed by atoms with Crippen LogP contribution in [0.4, 0.5) is 10.7 Å². The predicted octanol–water partition coefficient (Wildman–Crippen LogP) is 3.28. The van der Waals surface area contributed by atoms with E-state index < -0.39 is 44.9 Å². The van der Waals surface area contributed by atoms with Gasteiger partial charge in [0, 0.05) is 5.92 Å². The zero-order valence-corrected chi connectivity index (χ0v) is 22.8. The number of phosphoric acid groups is 1. The Hall–Kier alpha value is -3.64. The molecule has 3 heterocycles. The van der Waals surface area contributed by atoms with Crippen molar-refractivity contribution in [1.82, 2.24) is 19.5 Å². The molecule has 15 nitrogen and oxygen atoms in total. The maximum absolute atomic E-state index is 13.3. The fourth-order valence-electron chi connectivity index (χ4n) is 3.74. The van der Waals surface area contributed by atoms with Crippen LogP contribution >= 0.6 is 7.82 Å². The Balaban J connectivity index is 1.95. The summed E-state index contributed by atoms with van der Waals surface area (Å²) < 4.78 is 47.8. The van der Waals surface area contributed by atoms with Crippen LogP contribution in [0.15, 0.2) is 44.3 Å². The first-order valence-corrected chi connectivity index (χ1v) is 13.6. The first kappa shape index (κ1) is 30.9. The molecule has 2 aromatic heterocycles. The Bertz CT molecular complexity index is 1300. The SMILES string of the molecule is C=CCOC(=O)Nc1nc(OCC=C)c2ncn([C@@H]3O[C@H](CO)C(OP(=O)(OCC=C)OCCC#N)[C@@H]3C)c2n1. The molecule has 3 rings (SSSR count). The summed E-state index contributed by atoms with van der Waals surface area (Å²) in [5.41, 5.74) is 0.478. The van der Waals surface area contributed by atoms with Gasteiger partial charge in [0.1, 0.15) is 31.6 Å². The Kier molecular flexibility index (Phi) is 11.3. The third-order valence-corrected chi connectivity index (χ3v) is 6.91. The van der Waals surface area contributed by atoms with Crippen LogP contribution < -0.4 is 10.1 Å².